The highest BCUT2D eigenvalue weighted by Crippen LogP contribution is 2.61. The second kappa shape index (κ2) is 7.39. The lowest BCUT2D eigenvalue weighted by atomic mass is 9.48. The summed E-state index contributed by atoms with van der Waals surface area (Å²) < 4.78 is 1.89. The summed E-state index contributed by atoms with van der Waals surface area (Å²) in [6, 6.07) is 0.301. The van der Waals surface area contributed by atoms with Gasteiger partial charge in [-0.25, -0.2) is 0 Å². The van der Waals surface area contributed by atoms with Crippen molar-refractivity contribution in [3.63, 3.8) is 0 Å². The highest BCUT2D eigenvalue weighted by Gasteiger charge is 2.53. The van der Waals surface area contributed by atoms with E-state index >= 15 is 0 Å². The Kier molecular flexibility index (Phi) is 5.35. The fraction of sp³-hybridized carbons (Fsp3) is 0.833. The third-order valence-corrected chi connectivity index (χ3v) is 9.44. The zero-order chi connectivity index (χ0) is 17.4. The van der Waals surface area contributed by atoms with Gasteiger partial charge >= 0.3 is 0 Å². The number of nitrogens with one attached hydrogen (secondary N) is 1. The molecule has 1 heterocycles. The molecule has 1 N–H and O–H groups in total. The Balaban J connectivity index is 1.30. The highest BCUT2D eigenvalue weighted by molar-refractivity contribution is 8.03. The van der Waals surface area contributed by atoms with Crippen LogP contribution in [0.3, 0.4) is 0 Å². The Bertz CT molecular complexity index is 598. The van der Waals surface area contributed by atoms with Crippen molar-refractivity contribution in [1.82, 2.24) is 15.5 Å². The van der Waals surface area contributed by atoms with E-state index in [9.17, 15) is 4.79 Å². The Morgan fingerprint density at radius 2 is 1.72 bits per heavy atom. The summed E-state index contributed by atoms with van der Waals surface area (Å²) in [4.78, 5) is 12.5. The van der Waals surface area contributed by atoms with Crippen LogP contribution in [-0.2, 0) is 4.79 Å². The predicted octanol–water partition coefficient (Wildman–Crippen LogP) is 4.46. The van der Waals surface area contributed by atoms with E-state index in [2.05, 4.69) is 29.4 Å². The summed E-state index contributed by atoms with van der Waals surface area (Å²) in [5.41, 5.74) is 0.378. The first-order valence-electron chi connectivity index (χ1n) is 9.45. The van der Waals surface area contributed by atoms with E-state index in [1.165, 1.54) is 50.3 Å². The third kappa shape index (κ3) is 3.88. The van der Waals surface area contributed by atoms with E-state index < -0.39 is 0 Å². The average Bonchev–Trinajstić information content (AvgIpc) is 3.00. The molecule has 1 aromatic heterocycles. The van der Waals surface area contributed by atoms with Crippen LogP contribution >= 0.6 is 34.9 Å². The van der Waals surface area contributed by atoms with E-state index in [1.54, 1.807) is 23.1 Å². The van der Waals surface area contributed by atoms with Crippen molar-refractivity contribution in [2.45, 2.75) is 67.1 Å². The van der Waals surface area contributed by atoms with Gasteiger partial charge in [0.15, 0.2) is 8.68 Å². The van der Waals surface area contributed by atoms with E-state index in [1.807, 2.05) is 0 Å². The molecule has 0 spiro atoms. The molecule has 4 bridgehead atoms. The molecule has 4 fully saturated rings. The molecule has 0 aromatic carbocycles. The second-order valence-corrected chi connectivity index (χ2v) is 11.8. The molecule has 4 aliphatic rings. The minimum atomic E-state index is 0.146. The van der Waals surface area contributed by atoms with Crippen LogP contribution in [0.2, 0.25) is 0 Å². The van der Waals surface area contributed by atoms with Gasteiger partial charge in [-0.05, 0) is 74.4 Å². The average molecular weight is 398 g/mol. The lowest BCUT2D eigenvalue weighted by Crippen LogP contribution is -2.56. The molecule has 4 saturated carbocycles. The zero-order valence-corrected chi connectivity index (χ0v) is 17.4. The Labute approximate surface area is 162 Å². The van der Waals surface area contributed by atoms with Crippen molar-refractivity contribution in [2.75, 3.05) is 11.5 Å². The van der Waals surface area contributed by atoms with Gasteiger partial charge in [0.25, 0.3) is 0 Å². The third-order valence-electron chi connectivity index (χ3n) is 6.36. The minimum absolute atomic E-state index is 0.146. The number of hydrogen-bond acceptors (Lipinski definition) is 6. The standard InChI is InChI=1S/C18H27N3OS3/c1-3-23-16-20-21-17(25-16)24-10-15(22)19-11(2)18-7-12-4-13(8-18)6-14(5-12)9-18/h11-14H,3-10H2,1-2H3,(H,19,22). The van der Waals surface area contributed by atoms with Gasteiger partial charge < -0.3 is 5.32 Å². The number of hydrogen-bond donors (Lipinski definition) is 1. The van der Waals surface area contributed by atoms with E-state index in [4.69, 9.17) is 0 Å². The van der Waals surface area contributed by atoms with Crippen molar-refractivity contribution >= 4 is 40.8 Å². The summed E-state index contributed by atoms with van der Waals surface area (Å²) in [6.07, 6.45) is 8.35. The summed E-state index contributed by atoms with van der Waals surface area (Å²) in [5.74, 6) is 4.38. The number of thioether (sulfide) groups is 2. The first-order valence-corrected chi connectivity index (χ1v) is 12.2. The minimum Gasteiger partial charge on any atom is -0.352 e. The molecule has 0 saturated heterocycles. The molecule has 7 heteroatoms. The number of carbonyl (C=O) groups is 1. The summed E-state index contributed by atoms with van der Waals surface area (Å²) in [6.45, 7) is 4.36. The smallest absolute Gasteiger partial charge is 0.230 e. The van der Waals surface area contributed by atoms with Crippen molar-refractivity contribution < 1.29 is 4.79 Å². The van der Waals surface area contributed by atoms with Gasteiger partial charge in [0.05, 0.1) is 5.75 Å². The molecule has 0 aliphatic heterocycles. The lowest BCUT2D eigenvalue weighted by Gasteiger charge is -2.59. The predicted molar refractivity (Wildman–Crippen MR) is 105 cm³/mol. The maximum atomic E-state index is 12.5. The van der Waals surface area contributed by atoms with Crippen LogP contribution in [0.4, 0.5) is 0 Å². The van der Waals surface area contributed by atoms with Crippen molar-refractivity contribution in [3.8, 4) is 0 Å². The molecule has 5 rings (SSSR count). The maximum Gasteiger partial charge on any atom is 0.230 e. The summed E-state index contributed by atoms with van der Waals surface area (Å²) >= 11 is 4.81. The summed E-state index contributed by atoms with van der Waals surface area (Å²) in [5, 5.41) is 11.7. The lowest BCUT2D eigenvalue weighted by molar-refractivity contribution is -0.123. The van der Waals surface area contributed by atoms with Crippen LogP contribution < -0.4 is 5.32 Å². The molecule has 1 atom stereocenters. The van der Waals surface area contributed by atoms with E-state index in [-0.39, 0.29) is 5.91 Å². The van der Waals surface area contributed by atoms with Gasteiger partial charge in [-0.2, -0.15) is 0 Å². The van der Waals surface area contributed by atoms with Crippen molar-refractivity contribution in [2.24, 2.45) is 23.2 Å². The largest absolute Gasteiger partial charge is 0.352 e. The van der Waals surface area contributed by atoms with Crippen LogP contribution in [0, 0.1) is 23.2 Å². The molecule has 1 aromatic rings. The molecular weight excluding hydrogens is 370 g/mol. The molecule has 138 valence electrons. The van der Waals surface area contributed by atoms with E-state index in [0.29, 0.717) is 17.2 Å². The normalized spacial score (nSPS) is 34.2. The number of rotatable bonds is 7. The number of nitrogens with zero attached hydrogens (tertiary/aromatic N) is 2. The maximum absolute atomic E-state index is 12.5. The number of carbonyl (C=O) groups excluding carboxylic acids is 1. The highest BCUT2D eigenvalue weighted by atomic mass is 32.2. The molecule has 1 amide bonds. The fourth-order valence-corrected chi connectivity index (χ4v) is 8.44. The molecular formula is C18H27N3OS3. The van der Waals surface area contributed by atoms with E-state index in [0.717, 1.165) is 32.2 Å². The van der Waals surface area contributed by atoms with Gasteiger partial charge in [0.1, 0.15) is 0 Å². The van der Waals surface area contributed by atoms with Crippen LogP contribution in [-0.4, -0.2) is 33.7 Å². The SMILES string of the molecule is CCSc1nnc(SCC(=O)NC(C)C23CC4CC(CC(C4)C2)C3)s1. The molecule has 0 radical (unpaired) electrons. The van der Waals surface area contributed by atoms with Crippen molar-refractivity contribution in [1.29, 1.82) is 0 Å². The van der Waals surface area contributed by atoms with Crippen molar-refractivity contribution in [3.05, 3.63) is 0 Å². The van der Waals surface area contributed by atoms with Gasteiger partial charge in [0, 0.05) is 6.04 Å². The second-order valence-electron chi connectivity index (χ2n) is 8.12. The molecule has 25 heavy (non-hydrogen) atoms. The van der Waals surface area contributed by atoms with Crippen LogP contribution in [0.15, 0.2) is 8.68 Å². The van der Waals surface area contributed by atoms with Gasteiger partial charge in [-0.1, -0.05) is 41.8 Å². The molecule has 1 unspecified atom stereocenters. The monoisotopic (exact) mass is 397 g/mol. The van der Waals surface area contributed by atoms with Crippen LogP contribution in [0.25, 0.3) is 0 Å². The first kappa shape index (κ1) is 18.1. The Morgan fingerprint density at radius 1 is 1.16 bits per heavy atom. The van der Waals surface area contributed by atoms with Gasteiger partial charge in [-0.15, -0.1) is 10.2 Å². The quantitative estimate of drug-likeness (QED) is 0.688. The molecule has 4 nitrogen and oxygen atoms in total. The molecule has 4 aliphatic carbocycles. The first-order chi connectivity index (χ1) is 12.1. The van der Waals surface area contributed by atoms with Gasteiger partial charge in [-0.3, -0.25) is 4.79 Å². The number of aromatic nitrogens is 2. The van der Waals surface area contributed by atoms with Crippen LogP contribution in [0.1, 0.15) is 52.4 Å². The summed E-state index contributed by atoms with van der Waals surface area (Å²) in [7, 11) is 0. The topological polar surface area (TPSA) is 54.9 Å². The zero-order valence-electron chi connectivity index (χ0n) is 15.0. The Hall–Kier alpha value is -0.270. The van der Waals surface area contributed by atoms with Gasteiger partial charge in [0.2, 0.25) is 5.91 Å². The number of amides is 1. The van der Waals surface area contributed by atoms with Crippen LogP contribution in [0.5, 0.6) is 0 Å². The fourth-order valence-electron chi connectivity index (χ4n) is 5.71. The Morgan fingerprint density at radius 3 is 2.28 bits per heavy atom.